The maximum Gasteiger partial charge on any atom is 0.194 e. The Morgan fingerprint density at radius 2 is 1.93 bits per heavy atom. The lowest BCUT2D eigenvalue weighted by Gasteiger charge is -2.06. The normalized spacial score (nSPS) is 17.7. The summed E-state index contributed by atoms with van der Waals surface area (Å²) in [6.07, 6.45) is -0.184. The van der Waals surface area contributed by atoms with Crippen molar-refractivity contribution in [3.05, 3.63) is 33.6 Å². The fraction of sp³-hybridized carbons (Fsp3) is 0.273. The molecular formula is C11H9BrO2S. The smallest absolute Gasteiger partial charge is 0.194 e. The molecule has 2 aromatic rings. The molecule has 0 unspecified atom stereocenters. The molecule has 0 bridgehead atoms. The van der Waals surface area contributed by atoms with Gasteiger partial charge in [-0.3, -0.25) is 0 Å². The lowest BCUT2D eigenvalue weighted by molar-refractivity contribution is -0.0417. The van der Waals surface area contributed by atoms with Crippen LogP contribution in [-0.4, -0.2) is 13.2 Å². The van der Waals surface area contributed by atoms with E-state index in [4.69, 9.17) is 9.47 Å². The summed E-state index contributed by atoms with van der Waals surface area (Å²) >= 11 is 5.34. The molecule has 1 fully saturated rings. The third-order valence-electron chi connectivity index (χ3n) is 2.40. The van der Waals surface area contributed by atoms with Crippen LogP contribution in [0.3, 0.4) is 0 Å². The summed E-state index contributed by atoms with van der Waals surface area (Å²) in [5, 5.41) is 1.23. The quantitative estimate of drug-likeness (QED) is 0.795. The van der Waals surface area contributed by atoms with E-state index in [1.54, 1.807) is 11.3 Å². The summed E-state index contributed by atoms with van der Waals surface area (Å²) < 4.78 is 13.4. The van der Waals surface area contributed by atoms with Gasteiger partial charge >= 0.3 is 0 Å². The van der Waals surface area contributed by atoms with Crippen molar-refractivity contribution in [3.63, 3.8) is 0 Å². The van der Waals surface area contributed by atoms with Gasteiger partial charge in [0.05, 0.1) is 18.1 Å². The van der Waals surface area contributed by atoms with Gasteiger partial charge in [-0.15, -0.1) is 11.3 Å². The highest BCUT2D eigenvalue weighted by Gasteiger charge is 2.24. The van der Waals surface area contributed by atoms with Crippen molar-refractivity contribution < 1.29 is 9.47 Å². The van der Waals surface area contributed by atoms with Crippen LogP contribution in [0.25, 0.3) is 10.1 Å². The van der Waals surface area contributed by atoms with Crippen LogP contribution in [0.2, 0.25) is 0 Å². The Morgan fingerprint density at radius 3 is 2.67 bits per heavy atom. The first-order chi connectivity index (χ1) is 7.36. The molecule has 3 rings (SSSR count). The predicted molar refractivity (Wildman–Crippen MR) is 64.2 cm³/mol. The number of ether oxygens (including phenoxy) is 2. The van der Waals surface area contributed by atoms with E-state index < -0.39 is 0 Å². The Bertz CT molecular complexity index is 488. The third kappa shape index (κ3) is 1.61. The topological polar surface area (TPSA) is 18.5 Å². The minimum atomic E-state index is -0.184. The third-order valence-corrected chi connectivity index (χ3v) is 4.70. The van der Waals surface area contributed by atoms with Gasteiger partial charge in [0.2, 0.25) is 0 Å². The molecule has 0 amide bonds. The molecular weight excluding hydrogens is 276 g/mol. The van der Waals surface area contributed by atoms with Crippen LogP contribution in [0.15, 0.2) is 28.7 Å². The van der Waals surface area contributed by atoms with Crippen LogP contribution in [0, 0.1) is 0 Å². The highest BCUT2D eigenvalue weighted by atomic mass is 79.9. The number of thiophene rings is 1. The molecule has 78 valence electrons. The van der Waals surface area contributed by atoms with E-state index in [1.165, 1.54) is 10.1 Å². The summed E-state index contributed by atoms with van der Waals surface area (Å²) in [7, 11) is 0. The van der Waals surface area contributed by atoms with Crippen LogP contribution >= 0.6 is 27.3 Å². The molecule has 2 nitrogen and oxygen atoms in total. The molecule has 2 heterocycles. The first-order valence-corrected chi connectivity index (χ1v) is 6.37. The Kier molecular flexibility index (Phi) is 2.52. The molecule has 0 radical (unpaired) electrons. The Hall–Kier alpha value is -0.420. The Morgan fingerprint density at radius 1 is 1.20 bits per heavy atom. The van der Waals surface area contributed by atoms with Gasteiger partial charge in [0.1, 0.15) is 0 Å². The first kappa shape index (κ1) is 9.78. The van der Waals surface area contributed by atoms with Crippen LogP contribution < -0.4 is 0 Å². The summed E-state index contributed by atoms with van der Waals surface area (Å²) in [6, 6.07) is 8.31. The van der Waals surface area contributed by atoms with Crippen LogP contribution in [-0.2, 0) is 9.47 Å². The van der Waals surface area contributed by atoms with E-state index in [2.05, 4.69) is 28.1 Å². The summed E-state index contributed by atoms with van der Waals surface area (Å²) in [6.45, 7) is 1.37. The molecule has 0 spiro atoms. The molecule has 1 aromatic heterocycles. The van der Waals surface area contributed by atoms with Crippen molar-refractivity contribution in [2.75, 3.05) is 13.2 Å². The SMILES string of the molecule is Brc1c(C2OCCO2)sc2ccccc12. The second-order valence-electron chi connectivity index (χ2n) is 3.35. The number of fused-ring (bicyclic) bond motifs is 1. The number of benzene rings is 1. The van der Waals surface area contributed by atoms with Crippen molar-refractivity contribution >= 4 is 37.4 Å². The van der Waals surface area contributed by atoms with Crippen molar-refractivity contribution in [1.29, 1.82) is 0 Å². The van der Waals surface area contributed by atoms with Gasteiger partial charge in [0, 0.05) is 14.6 Å². The highest BCUT2D eigenvalue weighted by Crippen LogP contribution is 2.41. The number of hydrogen-bond acceptors (Lipinski definition) is 3. The molecule has 1 saturated heterocycles. The van der Waals surface area contributed by atoms with Gasteiger partial charge in [-0.05, 0) is 22.0 Å². The lowest BCUT2D eigenvalue weighted by Crippen LogP contribution is -1.94. The molecule has 0 aliphatic carbocycles. The van der Waals surface area contributed by atoms with E-state index in [9.17, 15) is 0 Å². The number of rotatable bonds is 1. The molecule has 4 heteroatoms. The average molecular weight is 285 g/mol. The maximum absolute atomic E-state index is 5.51. The van der Waals surface area contributed by atoms with Gasteiger partial charge in [0.25, 0.3) is 0 Å². The second kappa shape index (κ2) is 3.87. The molecule has 0 saturated carbocycles. The lowest BCUT2D eigenvalue weighted by atomic mass is 10.2. The van der Waals surface area contributed by atoms with Crippen molar-refractivity contribution in [3.8, 4) is 0 Å². The van der Waals surface area contributed by atoms with Crippen molar-refractivity contribution in [2.24, 2.45) is 0 Å². The van der Waals surface area contributed by atoms with Crippen molar-refractivity contribution in [2.45, 2.75) is 6.29 Å². The zero-order chi connectivity index (χ0) is 10.3. The van der Waals surface area contributed by atoms with Crippen molar-refractivity contribution in [1.82, 2.24) is 0 Å². The fourth-order valence-electron chi connectivity index (χ4n) is 1.69. The molecule has 15 heavy (non-hydrogen) atoms. The number of halogens is 1. The van der Waals surface area contributed by atoms with E-state index in [-0.39, 0.29) is 6.29 Å². The van der Waals surface area contributed by atoms with Gasteiger partial charge in [-0.25, -0.2) is 0 Å². The summed E-state index contributed by atoms with van der Waals surface area (Å²) in [5.41, 5.74) is 0. The zero-order valence-electron chi connectivity index (χ0n) is 7.90. The maximum atomic E-state index is 5.51. The molecule has 1 aromatic carbocycles. The predicted octanol–water partition coefficient (Wildman–Crippen LogP) is 3.71. The zero-order valence-corrected chi connectivity index (χ0v) is 10.3. The van der Waals surface area contributed by atoms with E-state index in [0.29, 0.717) is 13.2 Å². The van der Waals surface area contributed by atoms with E-state index >= 15 is 0 Å². The second-order valence-corrected chi connectivity index (χ2v) is 5.23. The van der Waals surface area contributed by atoms with Gasteiger partial charge in [-0.1, -0.05) is 18.2 Å². The molecule has 0 N–H and O–H groups in total. The van der Waals surface area contributed by atoms with Crippen LogP contribution in [0.1, 0.15) is 11.2 Å². The largest absolute Gasteiger partial charge is 0.345 e. The average Bonchev–Trinajstić information content (AvgIpc) is 2.87. The number of hydrogen-bond donors (Lipinski definition) is 0. The Balaban J connectivity index is 2.14. The van der Waals surface area contributed by atoms with Gasteiger partial charge < -0.3 is 9.47 Å². The Labute approximate surface area is 99.9 Å². The van der Waals surface area contributed by atoms with E-state index in [0.717, 1.165) is 9.35 Å². The van der Waals surface area contributed by atoms with E-state index in [1.807, 2.05) is 12.1 Å². The monoisotopic (exact) mass is 284 g/mol. The van der Waals surface area contributed by atoms with Crippen LogP contribution in [0.5, 0.6) is 0 Å². The molecule has 0 atom stereocenters. The van der Waals surface area contributed by atoms with Gasteiger partial charge in [0.15, 0.2) is 6.29 Å². The first-order valence-electron chi connectivity index (χ1n) is 4.76. The van der Waals surface area contributed by atoms with Gasteiger partial charge in [-0.2, -0.15) is 0 Å². The molecule has 1 aliphatic heterocycles. The fourth-order valence-corrected chi connectivity index (χ4v) is 3.70. The highest BCUT2D eigenvalue weighted by molar-refractivity contribution is 9.10. The minimum absolute atomic E-state index is 0.184. The minimum Gasteiger partial charge on any atom is -0.345 e. The summed E-state index contributed by atoms with van der Waals surface area (Å²) in [5.74, 6) is 0. The van der Waals surface area contributed by atoms with Crippen LogP contribution in [0.4, 0.5) is 0 Å². The summed E-state index contributed by atoms with van der Waals surface area (Å²) in [4.78, 5) is 1.13. The standard InChI is InChI=1S/C11H9BrO2S/c12-9-7-3-1-2-4-8(7)15-10(9)11-13-5-6-14-11/h1-4,11H,5-6H2. The molecule has 1 aliphatic rings.